The Hall–Kier alpha value is -2.32. The Morgan fingerprint density at radius 2 is 1.61 bits per heavy atom. The first kappa shape index (κ1) is 15.7. The molecule has 0 aromatic heterocycles. The molecule has 0 saturated heterocycles. The van der Waals surface area contributed by atoms with Crippen LogP contribution in [0.25, 0.3) is 0 Å². The maximum atomic E-state index is 11.5. The van der Waals surface area contributed by atoms with Gasteiger partial charge >= 0.3 is 12.0 Å². The quantitative estimate of drug-likeness (QED) is 0.404. The third kappa shape index (κ3) is 6.30. The number of urea groups is 1. The van der Waals surface area contributed by atoms with Crippen molar-refractivity contribution < 1.29 is 24.3 Å². The first-order valence-corrected chi connectivity index (χ1v) is 5.06. The van der Waals surface area contributed by atoms with Gasteiger partial charge in [0.15, 0.2) is 0 Å². The van der Waals surface area contributed by atoms with Crippen LogP contribution in [0.15, 0.2) is 0 Å². The van der Waals surface area contributed by atoms with Gasteiger partial charge in [-0.25, -0.2) is 4.79 Å². The molecule has 1 atom stereocenters. The zero-order valence-corrected chi connectivity index (χ0v) is 9.88. The Labute approximate surface area is 103 Å². The van der Waals surface area contributed by atoms with Crippen LogP contribution in [0, 0.1) is 5.92 Å². The van der Waals surface area contributed by atoms with Crippen molar-refractivity contribution in [3.05, 3.63) is 0 Å². The minimum absolute atomic E-state index is 0.137. The van der Waals surface area contributed by atoms with E-state index in [0.717, 1.165) is 4.90 Å². The summed E-state index contributed by atoms with van der Waals surface area (Å²) in [5.74, 6) is -3.49. The van der Waals surface area contributed by atoms with Gasteiger partial charge in [0.05, 0.1) is 5.92 Å². The highest BCUT2D eigenvalue weighted by molar-refractivity contribution is 5.87. The third-order valence-corrected chi connectivity index (χ3v) is 1.96. The van der Waals surface area contributed by atoms with E-state index in [0.29, 0.717) is 0 Å². The molecule has 0 bridgehead atoms. The van der Waals surface area contributed by atoms with E-state index in [1.54, 1.807) is 0 Å². The fraction of sp³-hybridized carbons (Fsp3) is 0.556. The monoisotopic (exact) mass is 260 g/mol. The molecule has 0 aromatic carbocycles. The van der Waals surface area contributed by atoms with Crippen molar-refractivity contribution in [2.45, 2.75) is 6.92 Å². The average molecular weight is 260 g/mol. The smallest absolute Gasteiger partial charge is 0.318 e. The number of carboxylic acids is 1. The SMILES string of the molecule is CC(CNC(=O)N(CC(N)=O)CC(N)=O)C(=O)O. The lowest BCUT2D eigenvalue weighted by Crippen LogP contribution is -2.49. The summed E-state index contributed by atoms with van der Waals surface area (Å²) in [5.41, 5.74) is 9.81. The molecule has 0 aliphatic rings. The fourth-order valence-electron chi connectivity index (χ4n) is 1.02. The maximum Gasteiger partial charge on any atom is 0.318 e. The van der Waals surface area contributed by atoms with Gasteiger partial charge in [-0.15, -0.1) is 0 Å². The van der Waals surface area contributed by atoms with Gasteiger partial charge < -0.3 is 26.8 Å². The van der Waals surface area contributed by atoms with Crippen LogP contribution in [0.3, 0.4) is 0 Å². The van der Waals surface area contributed by atoms with E-state index in [9.17, 15) is 19.2 Å². The molecule has 0 rings (SSSR count). The van der Waals surface area contributed by atoms with Gasteiger partial charge in [0.1, 0.15) is 13.1 Å². The molecule has 9 heteroatoms. The van der Waals surface area contributed by atoms with E-state index in [1.807, 2.05) is 0 Å². The average Bonchev–Trinajstić information content (AvgIpc) is 2.22. The molecule has 102 valence electrons. The summed E-state index contributed by atoms with van der Waals surface area (Å²) >= 11 is 0. The maximum absolute atomic E-state index is 11.5. The number of primary amides is 2. The summed E-state index contributed by atoms with van der Waals surface area (Å²) in [5, 5.41) is 10.9. The number of amides is 4. The van der Waals surface area contributed by atoms with Crippen LogP contribution in [0.5, 0.6) is 0 Å². The molecule has 0 aromatic rings. The molecule has 0 aliphatic carbocycles. The number of hydrogen-bond donors (Lipinski definition) is 4. The molecule has 9 nitrogen and oxygen atoms in total. The van der Waals surface area contributed by atoms with Crippen LogP contribution in [0.1, 0.15) is 6.92 Å². The summed E-state index contributed by atoms with van der Waals surface area (Å²) in [6.45, 7) is 0.309. The molecule has 18 heavy (non-hydrogen) atoms. The molecule has 0 radical (unpaired) electrons. The van der Waals surface area contributed by atoms with E-state index in [2.05, 4.69) is 5.32 Å². The lowest BCUT2D eigenvalue weighted by Gasteiger charge is -2.20. The van der Waals surface area contributed by atoms with Crippen LogP contribution in [-0.2, 0) is 14.4 Å². The molecule has 0 spiro atoms. The Morgan fingerprint density at radius 1 is 1.17 bits per heavy atom. The largest absolute Gasteiger partial charge is 0.481 e. The van der Waals surface area contributed by atoms with Crippen LogP contribution in [0.4, 0.5) is 4.79 Å². The molecule has 1 unspecified atom stereocenters. The standard InChI is InChI=1S/C9H16N4O5/c1-5(8(16)17)2-12-9(18)13(3-6(10)14)4-7(11)15/h5H,2-4H2,1H3,(H2,10,14)(H2,11,15)(H,12,18)(H,16,17). The molecule has 0 heterocycles. The van der Waals surface area contributed by atoms with E-state index < -0.39 is 42.8 Å². The predicted molar refractivity (Wildman–Crippen MR) is 60.2 cm³/mol. The summed E-state index contributed by atoms with van der Waals surface area (Å²) in [6.07, 6.45) is 0. The van der Waals surface area contributed by atoms with Gasteiger partial charge in [0.25, 0.3) is 0 Å². The number of carboxylic acid groups (broad SMARTS) is 1. The number of aliphatic carboxylic acids is 1. The summed E-state index contributed by atoms with van der Waals surface area (Å²) in [7, 11) is 0. The number of nitrogens with zero attached hydrogens (tertiary/aromatic N) is 1. The predicted octanol–water partition coefficient (Wildman–Crippen LogP) is -2.31. The minimum atomic E-state index is -1.08. The Kier molecular flexibility index (Phi) is 6.18. The highest BCUT2D eigenvalue weighted by Gasteiger charge is 2.19. The van der Waals surface area contributed by atoms with Crippen molar-refractivity contribution in [2.75, 3.05) is 19.6 Å². The number of nitrogens with one attached hydrogen (secondary N) is 1. The normalized spacial score (nSPS) is 11.4. The zero-order valence-electron chi connectivity index (χ0n) is 9.88. The Morgan fingerprint density at radius 3 is 1.94 bits per heavy atom. The Balaban J connectivity index is 4.41. The van der Waals surface area contributed by atoms with Crippen LogP contribution in [0.2, 0.25) is 0 Å². The van der Waals surface area contributed by atoms with E-state index in [1.165, 1.54) is 6.92 Å². The van der Waals surface area contributed by atoms with Gasteiger partial charge in [-0.05, 0) is 0 Å². The number of hydrogen-bond acceptors (Lipinski definition) is 4. The molecule has 0 aliphatic heterocycles. The number of carbonyl (C=O) groups is 4. The Bertz CT molecular complexity index is 341. The van der Waals surface area contributed by atoms with Crippen molar-refractivity contribution >= 4 is 23.8 Å². The highest BCUT2D eigenvalue weighted by Crippen LogP contribution is 1.94. The molecular formula is C9H16N4O5. The molecule has 4 amide bonds. The van der Waals surface area contributed by atoms with Crippen LogP contribution < -0.4 is 16.8 Å². The van der Waals surface area contributed by atoms with Crippen molar-refractivity contribution in [1.82, 2.24) is 10.2 Å². The lowest BCUT2D eigenvalue weighted by atomic mass is 10.2. The number of nitrogens with two attached hydrogens (primary N) is 2. The van der Waals surface area contributed by atoms with E-state index in [4.69, 9.17) is 16.6 Å². The molecule has 6 N–H and O–H groups in total. The van der Waals surface area contributed by atoms with E-state index >= 15 is 0 Å². The fourth-order valence-corrected chi connectivity index (χ4v) is 1.02. The van der Waals surface area contributed by atoms with Crippen molar-refractivity contribution in [3.8, 4) is 0 Å². The third-order valence-electron chi connectivity index (χ3n) is 1.96. The molecule has 0 saturated carbocycles. The van der Waals surface area contributed by atoms with Gasteiger partial charge in [0, 0.05) is 6.54 Å². The van der Waals surface area contributed by atoms with E-state index in [-0.39, 0.29) is 6.54 Å². The van der Waals surface area contributed by atoms with Crippen molar-refractivity contribution in [1.29, 1.82) is 0 Å². The second-order valence-electron chi connectivity index (χ2n) is 3.71. The van der Waals surface area contributed by atoms with Crippen molar-refractivity contribution in [2.24, 2.45) is 17.4 Å². The zero-order chi connectivity index (χ0) is 14.3. The number of carbonyl (C=O) groups excluding carboxylic acids is 3. The first-order chi connectivity index (χ1) is 8.23. The second-order valence-corrected chi connectivity index (χ2v) is 3.71. The second kappa shape index (κ2) is 7.09. The number of rotatable bonds is 7. The summed E-state index contributed by atoms with van der Waals surface area (Å²) < 4.78 is 0. The minimum Gasteiger partial charge on any atom is -0.481 e. The summed E-state index contributed by atoms with van der Waals surface area (Å²) in [4.78, 5) is 44.3. The van der Waals surface area contributed by atoms with Gasteiger partial charge in [-0.3, -0.25) is 14.4 Å². The van der Waals surface area contributed by atoms with Crippen LogP contribution >= 0.6 is 0 Å². The first-order valence-electron chi connectivity index (χ1n) is 5.06. The summed E-state index contributed by atoms with van der Waals surface area (Å²) in [6, 6.07) is -0.777. The van der Waals surface area contributed by atoms with Crippen LogP contribution in [-0.4, -0.2) is 53.5 Å². The topological polar surface area (TPSA) is 156 Å². The highest BCUT2D eigenvalue weighted by atomic mass is 16.4. The van der Waals surface area contributed by atoms with Gasteiger partial charge in [-0.2, -0.15) is 0 Å². The molecular weight excluding hydrogens is 244 g/mol. The van der Waals surface area contributed by atoms with Gasteiger partial charge in [0.2, 0.25) is 11.8 Å². The molecule has 0 fully saturated rings. The lowest BCUT2D eigenvalue weighted by molar-refractivity contribution is -0.141. The van der Waals surface area contributed by atoms with Crippen molar-refractivity contribution in [3.63, 3.8) is 0 Å². The van der Waals surface area contributed by atoms with Gasteiger partial charge in [-0.1, -0.05) is 6.92 Å².